The first-order valence-corrected chi connectivity index (χ1v) is 6.06. The molecule has 0 saturated heterocycles. The Labute approximate surface area is 103 Å². The highest BCUT2D eigenvalue weighted by Gasteiger charge is 2.17. The predicted molar refractivity (Wildman–Crippen MR) is 68.7 cm³/mol. The Balaban J connectivity index is 2.27. The van der Waals surface area contributed by atoms with E-state index in [2.05, 4.69) is 5.32 Å². The van der Waals surface area contributed by atoms with Crippen LogP contribution in [0.15, 0.2) is 30.3 Å². The lowest BCUT2D eigenvalue weighted by Gasteiger charge is -2.21. The summed E-state index contributed by atoms with van der Waals surface area (Å²) >= 11 is 0. The number of hydrogen-bond donors (Lipinski definition) is 2. The summed E-state index contributed by atoms with van der Waals surface area (Å²) in [5.74, 6) is -0.0115. The summed E-state index contributed by atoms with van der Waals surface area (Å²) in [4.78, 5) is 11.6. The van der Waals surface area contributed by atoms with E-state index in [0.29, 0.717) is 19.4 Å². The summed E-state index contributed by atoms with van der Waals surface area (Å²) < 4.78 is 0. The topological polar surface area (TPSA) is 49.3 Å². The molecule has 0 aromatic heterocycles. The van der Waals surface area contributed by atoms with Crippen LogP contribution in [0.5, 0.6) is 0 Å². The summed E-state index contributed by atoms with van der Waals surface area (Å²) in [5.41, 5.74) is 0.354. The van der Waals surface area contributed by atoms with E-state index in [1.807, 2.05) is 37.3 Å². The molecule has 2 N–H and O–H groups in total. The van der Waals surface area contributed by atoms with Gasteiger partial charge in [-0.3, -0.25) is 4.79 Å². The lowest BCUT2D eigenvalue weighted by atomic mass is 10.0. The van der Waals surface area contributed by atoms with Crippen LogP contribution >= 0.6 is 0 Å². The van der Waals surface area contributed by atoms with Crippen LogP contribution in [0.2, 0.25) is 0 Å². The molecule has 0 fully saturated rings. The van der Waals surface area contributed by atoms with Gasteiger partial charge < -0.3 is 10.4 Å². The predicted octanol–water partition coefficient (Wildman–Crippen LogP) is 1.90. The molecule has 94 valence electrons. The minimum atomic E-state index is -0.803. The van der Waals surface area contributed by atoms with Crippen molar-refractivity contribution in [2.24, 2.45) is 0 Å². The fourth-order valence-corrected chi connectivity index (χ4v) is 1.40. The molecule has 17 heavy (non-hydrogen) atoms. The van der Waals surface area contributed by atoms with Gasteiger partial charge in [-0.2, -0.15) is 0 Å². The van der Waals surface area contributed by atoms with Crippen LogP contribution in [0, 0.1) is 0 Å². The third kappa shape index (κ3) is 5.50. The van der Waals surface area contributed by atoms with Gasteiger partial charge in [-0.25, -0.2) is 0 Å². The molecule has 3 nitrogen and oxygen atoms in total. The monoisotopic (exact) mass is 235 g/mol. The maximum absolute atomic E-state index is 11.6. The van der Waals surface area contributed by atoms with E-state index in [9.17, 15) is 9.90 Å². The molecule has 0 saturated carbocycles. The number of hydrogen-bond acceptors (Lipinski definition) is 2. The fourth-order valence-electron chi connectivity index (χ4n) is 1.40. The number of carbonyl (C=O) groups excluding carboxylic acids is 1. The molecule has 1 amide bonds. The van der Waals surface area contributed by atoms with Gasteiger partial charge in [0.15, 0.2) is 0 Å². The standard InChI is InChI=1S/C14H21NO2/c1-3-14(2,17)11-15-13(16)10-9-12-7-5-4-6-8-12/h4-8,17H,3,9-11H2,1-2H3,(H,15,16). The highest BCUT2D eigenvalue weighted by molar-refractivity contribution is 5.76. The first-order chi connectivity index (χ1) is 8.03. The Bertz CT molecular complexity index is 346. The van der Waals surface area contributed by atoms with Crippen molar-refractivity contribution in [3.63, 3.8) is 0 Å². The molecule has 0 bridgehead atoms. The van der Waals surface area contributed by atoms with Gasteiger partial charge in [0.2, 0.25) is 5.91 Å². The Hall–Kier alpha value is -1.35. The average molecular weight is 235 g/mol. The summed E-state index contributed by atoms with van der Waals surface area (Å²) in [6, 6.07) is 9.91. The van der Waals surface area contributed by atoms with Crippen LogP contribution in [-0.2, 0) is 11.2 Å². The molecule has 1 aromatic carbocycles. The van der Waals surface area contributed by atoms with Gasteiger partial charge >= 0.3 is 0 Å². The average Bonchev–Trinajstić information content (AvgIpc) is 2.35. The summed E-state index contributed by atoms with van der Waals surface area (Å²) in [5, 5.41) is 12.5. The molecule has 1 unspecified atom stereocenters. The van der Waals surface area contributed by atoms with Crippen molar-refractivity contribution in [3.8, 4) is 0 Å². The molecule has 0 aliphatic heterocycles. The van der Waals surface area contributed by atoms with E-state index >= 15 is 0 Å². The Morgan fingerprint density at radius 1 is 1.35 bits per heavy atom. The molecule has 0 spiro atoms. The molecular weight excluding hydrogens is 214 g/mol. The Morgan fingerprint density at radius 3 is 2.59 bits per heavy atom. The van der Waals surface area contributed by atoms with Crippen molar-refractivity contribution in [1.29, 1.82) is 0 Å². The summed E-state index contributed by atoms with van der Waals surface area (Å²) in [6.45, 7) is 3.94. The second-order valence-electron chi connectivity index (χ2n) is 4.61. The zero-order valence-electron chi connectivity index (χ0n) is 10.6. The molecule has 1 aromatic rings. The van der Waals surface area contributed by atoms with Crippen LogP contribution in [0.25, 0.3) is 0 Å². The lowest BCUT2D eigenvalue weighted by molar-refractivity contribution is -0.122. The van der Waals surface area contributed by atoms with Gasteiger partial charge in [0.1, 0.15) is 0 Å². The Morgan fingerprint density at radius 2 is 2.00 bits per heavy atom. The van der Waals surface area contributed by atoms with Crippen molar-refractivity contribution in [1.82, 2.24) is 5.32 Å². The van der Waals surface area contributed by atoms with Crippen LogP contribution < -0.4 is 5.32 Å². The van der Waals surface area contributed by atoms with Crippen molar-refractivity contribution >= 4 is 5.91 Å². The van der Waals surface area contributed by atoms with Crippen molar-refractivity contribution < 1.29 is 9.90 Å². The van der Waals surface area contributed by atoms with Crippen molar-refractivity contribution in [3.05, 3.63) is 35.9 Å². The number of nitrogens with one attached hydrogen (secondary N) is 1. The summed E-state index contributed by atoms with van der Waals surface area (Å²) in [6.07, 6.45) is 1.83. The van der Waals surface area contributed by atoms with Gasteiger partial charge in [-0.05, 0) is 25.3 Å². The van der Waals surface area contributed by atoms with Gasteiger partial charge in [0, 0.05) is 13.0 Å². The van der Waals surface area contributed by atoms with Gasteiger partial charge in [0.25, 0.3) is 0 Å². The molecule has 0 heterocycles. The second-order valence-corrected chi connectivity index (χ2v) is 4.61. The molecular formula is C14H21NO2. The van der Waals surface area contributed by atoms with Gasteiger partial charge in [-0.1, -0.05) is 37.3 Å². The SMILES string of the molecule is CCC(C)(O)CNC(=O)CCc1ccccc1. The fraction of sp³-hybridized carbons (Fsp3) is 0.500. The number of aliphatic hydroxyl groups is 1. The third-order valence-electron chi connectivity index (χ3n) is 2.91. The number of aryl methyl sites for hydroxylation is 1. The number of amides is 1. The van der Waals surface area contributed by atoms with E-state index in [0.717, 1.165) is 12.0 Å². The normalized spacial score (nSPS) is 14.1. The van der Waals surface area contributed by atoms with E-state index in [4.69, 9.17) is 0 Å². The lowest BCUT2D eigenvalue weighted by Crippen LogP contribution is -2.40. The van der Waals surface area contributed by atoms with Crippen molar-refractivity contribution in [2.45, 2.75) is 38.7 Å². The molecule has 1 rings (SSSR count). The van der Waals surface area contributed by atoms with Crippen LogP contribution in [0.3, 0.4) is 0 Å². The zero-order valence-corrected chi connectivity index (χ0v) is 10.6. The molecule has 0 aliphatic rings. The maximum Gasteiger partial charge on any atom is 0.220 e. The van der Waals surface area contributed by atoms with Crippen LogP contribution in [0.4, 0.5) is 0 Å². The summed E-state index contributed by atoms with van der Waals surface area (Å²) in [7, 11) is 0. The second kappa shape index (κ2) is 6.40. The Kier molecular flexibility index (Phi) is 5.16. The highest BCUT2D eigenvalue weighted by atomic mass is 16.3. The quantitative estimate of drug-likeness (QED) is 0.791. The molecule has 1 atom stereocenters. The third-order valence-corrected chi connectivity index (χ3v) is 2.91. The largest absolute Gasteiger partial charge is 0.388 e. The highest BCUT2D eigenvalue weighted by Crippen LogP contribution is 2.06. The minimum absolute atomic E-state index is 0.0115. The van der Waals surface area contributed by atoms with E-state index < -0.39 is 5.60 Å². The van der Waals surface area contributed by atoms with Crippen LogP contribution in [-0.4, -0.2) is 23.2 Å². The van der Waals surface area contributed by atoms with E-state index in [1.54, 1.807) is 6.92 Å². The van der Waals surface area contributed by atoms with Crippen molar-refractivity contribution in [2.75, 3.05) is 6.54 Å². The first-order valence-electron chi connectivity index (χ1n) is 6.06. The van der Waals surface area contributed by atoms with Crippen LogP contribution in [0.1, 0.15) is 32.3 Å². The first kappa shape index (κ1) is 13.7. The molecule has 0 radical (unpaired) electrons. The van der Waals surface area contributed by atoms with E-state index in [1.165, 1.54) is 0 Å². The smallest absolute Gasteiger partial charge is 0.220 e. The van der Waals surface area contributed by atoms with Gasteiger partial charge in [0.05, 0.1) is 5.60 Å². The number of benzene rings is 1. The van der Waals surface area contributed by atoms with Gasteiger partial charge in [-0.15, -0.1) is 0 Å². The number of rotatable bonds is 6. The minimum Gasteiger partial charge on any atom is -0.388 e. The number of carbonyl (C=O) groups is 1. The van der Waals surface area contributed by atoms with E-state index in [-0.39, 0.29) is 5.91 Å². The maximum atomic E-state index is 11.6. The molecule has 0 aliphatic carbocycles. The zero-order chi connectivity index (χ0) is 12.7. The molecule has 3 heteroatoms.